The number of pyridine rings is 1. The molecular weight excluding hydrogens is 310 g/mol. The Morgan fingerprint density at radius 1 is 1.33 bits per heavy atom. The molecule has 0 spiro atoms. The average molecular weight is 320 g/mol. The van der Waals surface area contributed by atoms with Crippen LogP contribution in [0.25, 0.3) is 16.9 Å². The fourth-order valence-electron chi connectivity index (χ4n) is 1.98. The molecule has 3 rings (SSSR count). The lowest BCUT2D eigenvalue weighted by atomic mass is 10.2. The van der Waals surface area contributed by atoms with E-state index >= 15 is 0 Å². The molecule has 5 heteroatoms. The number of fused-ring (bicyclic) bond motifs is 1. The van der Waals surface area contributed by atoms with Crippen molar-refractivity contribution in [3.05, 3.63) is 51.3 Å². The standard InChI is InChI=1S/C13H10BrN3S/c1-8-5-6-15-12-11(8)16-13(18)17(12)10-4-2-3-9(14)7-10/h2-7H,1H3,(H,16,18). The summed E-state index contributed by atoms with van der Waals surface area (Å²) in [4.78, 5) is 7.63. The summed E-state index contributed by atoms with van der Waals surface area (Å²) >= 11 is 8.86. The molecule has 0 fully saturated rings. The molecule has 3 aromatic rings. The molecular formula is C13H10BrN3S. The third-order valence-electron chi connectivity index (χ3n) is 2.85. The number of nitrogens with zero attached hydrogens (tertiary/aromatic N) is 2. The number of imidazole rings is 1. The third kappa shape index (κ3) is 1.79. The Bertz CT molecular complexity index is 788. The first-order valence-corrected chi connectivity index (χ1v) is 6.69. The molecule has 0 aliphatic carbocycles. The van der Waals surface area contributed by atoms with E-state index in [-0.39, 0.29) is 0 Å². The molecule has 18 heavy (non-hydrogen) atoms. The van der Waals surface area contributed by atoms with Crippen LogP contribution in [0.15, 0.2) is 41.0 Å². The van der Waals surface area contributed by atoms with E-state index in [1.54, 1.807) is 6.20 Å². The van der Waals surface area contributed by atoms with Crippen molar-refractivity contribution < 1.29 is 0 Å². The summed E-state index contributed by atoms with van der Waals surface area (Å²) in [6.45, 7) is 2.04. The second kappa shape index (κ2) is 4.33. The fraction of sp³-hybridized carbons (Fsp3) is 0.0769. The second-order valence-corrected chi connectivity index (χ2v) is 5.37. The molecule has 0 unspecified atom stereocenters. The zero-order chi connectivity index (χ0) is 12.7. The maximum absolute atomic E-state index is 5.39. The second-order valence-electron chi connectivity index (χ2n) is 4.07. The van der Waals surface area contributed by atoms with E-state index in [0.29, 0.717) is 4.77 Å². The maximum Gasteiger partial charge on any atom is 0.184 e. The lowest BCUT2D eigenvalue weighted by Crippen LogP contribution is -1.95. The molecule has 1 aromatic carbocycles. The van der Waals surface area contributed by atoms with Gasteiger partial charge < -0.3 is 4.98 Å². The molecule has 2 aromatic heterocycles. The van der Waals surface area contributed by atoms with Crippen molar-refractivity contribution in [1.29, 1.82) is 0 Å². The minimum absolute atomic E-state index is 0.657. The molecule has 0 aliphatic rings. The summed E-state index contributed by atoms with van der Waals surface area (Å²) in [6.07, 6.45) is 1.80. The first kappa shape index (κ1) is 11.6. The Labute approximate surface area is 118 Å². The van der Waals surface area contributed by atoms with Gasteiger partial charge in [-0.3, -0.25) is 4.57 Å². The summed E-state index contributed by atoms with van der Waals surface area (Å²) in [5.74, 6) is 0. The van der Waals surface area contributed by atoms with Gasteiger partial charge in [-0.25, -0.2) is 4.98 Å². The summed E-state index contributed by atoms with van der Waals surface area (Å²) in [5.41, 5.74) is 3.99. The van der Waals surface area contributed by atoms with Crippen molar-refractivity contribution in [2.75, 3.05) is 0 Å². The number of H-pyrrole nitrogens is 1. The van der Waals surface area contributed by atoms with E-state index in [0.717, 1.165) is 26.9 Å². The Morgan fingerprint density at radius 2 is 2.17 bits per heavy atom. The zero-order valence-corrected chi connectivity index (χ0v) is 12.0. The van der Waals surface area contributed by atoms with Crippen LogP contribution in [0.1, 0.15) is 5.56 Å². The molecule has 0 bridgehead atoms. The monoisotopic (exact) mass is 319 g/mol. The van der Waals surface area contributed by atoms with Crippen LogP contribution < -0.4 is 0 Å². The molecule has 90 valence electrons. The average Bonchev–Trinajstić information content (AvgIpc) is 2.67. The first-order chi connectivity index (χ1) is 8.66. The van der Waals surface area contributed by atoms with Gasteiger partial charge in [-0.1, -0.05) is 22.0 Å². The lowest BCUT2D eigenvalue weighted by molar-refractivity contribution is 1.04. The number of rotatable bonds is 1. The highest BCUT2D eigenvalue weighted by Gasteiger charge is 2.09. The predicted octanol–water partition coefficient (Wildman–Crippen LogP) is 4.15. The highest BCUT2D eigenvalue weighted by Crippen LogP contribution is 2.22. The highest BCUT2D eigenvalue weighted by molar-refractivity contribution is 9.10. The van der Waals surface area contributed by atoms with Crippen LogP contribution in [0.4, 0.5) is 0 Å². The predicted molar refractivity (Wildman–Crippen MR) is 78.7 cm³/mol. The van der Waals surface area contributed by atoms with Crippen molar-refractivity contribution in [3.63, 3.8) is 0 Å². The van der Waals surface area contributed by atoms with E-state index in [2.05, 4.69) is 25.9 Å². The van der Waals surface area contributed by atoms with Crippen LogP contribution in [-0.2, 0) is 0 Å². The highest BCUT2D eigenvalue weighted by atomic mass is 79.9. The number of aromatic amines is 1. The number of hydrogen-bond acceptors (Lipinski definition) is 2. The van der Waals surface area contributed by atoms with Crippen LogP contribution in [0, 0.1) is 11.7 Å². The molecule has 0 radical (unpaired) electrons. The quantitative estimate of drug-likeness (QED) is 0.683. The molecule has 0 atom stereocenters. The van der Waals surface area contributed by atoms with E-state index in [1.165, 1.54) is 0 Å². The smallest absolute Gasteiger partial charge is 0.184 e. The topological polar surface area (TPSA) is 33.6 Å². The molecule has 0 saturated carbocycles. The van der Waals surface area contributed by atoms with Gasteiger partial charge in [0.15, 0.2) is 10.4 Å². The number of aryl methyl sites for hydroxylation is 1. The Kier molecular flexibility index (Phi) is 2.80. The van der Waals surface area contributed by atoms with Crippen LogP contribution in [0.3, 0.4) is 0 Å². The van der Waals surface area contributed by atoms with Gasteiger partial charge in [0, 0.05) is 10.7 Å². The number of benzene rings is 1. The molecule has 3 nitrogen and oxygen atoms in total. The molecule has 0 amide bonds. The van der Waals surface area contributed by atoms with Crippen molar-refractivity contribution >= 4 is 39.3 Å². The van der Waals surface area contributed by atoms with Crippen molar-refractivity contribution in [3.8, 4) is 5.69 Å². The van der Waals surface area contributed by atoms with Gasteiger partial charge in [-0.2, -0.15) is 0 Å². The Balaban J connectivity index is 2.39. The van der Waals surface area contributed by atoms with E-state index in [4.69, 9.17) is 12.2 Å². The summed E-state index contributed by atoms with van der Waals surface area (Å²) in [6, 6.07) is 9.97. The van der Waals surface area contributed by atoms with Gasteiger partial charge in [-0.05, 0) is 49.0 Å². The fourth-order valence-corrected chi connectivity index (χ4v) is 2.66. The Morgan fingerprint density at radius 3 is 2.94 bits per heavy atom. The van der Waals surface area contributed by atoms with Gasteiger partial charge in [0.05, 0.1) is 11.2 Å². The van der Waals surface area contributed by atoms with Gasteiger partial charge >= 0.3 is 0 Å². The van der Waals surface area contributed by atoms with Crippen LogP contribution >= 0.6 is 28.1 Å². The summed E-state index contributed by atoms with van der Waals surface area (Å²) in [7, 11) is 0. The minimum atomic E-state index is 0.657. The molecule has 0 aliphatic heterocycles. The van der Waals surface area contributed by atoms with Crippen molar-refractivity contribution in [1.82, 2.24) is 14.5 Å². The zero-order valence-electron chi connectivity index (χ0n) is 9.64. The van der Waals surface area contributed by atoms with E-state index in [9.17, 15) is 0 Å². The van der Waals surface area contributed by atoms with E-state index < -0.39 is 0 Å². The van der Waals surface area contributed by atoms with E-state index in [1.807, 2.05) is 41.8 Å². The van der Waals surface area contributed by atoms with Crippen LogP contribution in [0.5, 0.6) is 0 Å². The van der Waals surface area contributed by atoms with Crippen molar-refractivity contribution in [2.45, 2.75) is 6.92 Å². The van der Waals surface area contributed by atoms with Crippen LogP contribution in [-0.4, -0.2) is 14.5 Å². The molecule has 1 N–H and O–H groups in total. The van der Waals surface area contributed by atoms with Gasteiger partial charge in [0.1, 0.15) is 0 Å². The maximum atomic E-state index is 5.39. The largest absolute Gasteiger partial charge is 0.329 e. The number of hydrogen-bond donors (Lipinski definition) is 1. The number of aromatic nitrogens is 3. The van der Waals surface area contributed by atoms with Crippen molar-refractivity contribution in [2.24, 2.45) is 0 Å². The Hall–Kier alpha value is -1.46. The lowest BCUT2D eigenvalue weighted by Gasteiger charge is -2.04. The van der Waals surface area contributed by atoms with Gasteiger partial charge in [0.25, 0.3) is 0 Å². The number of halogens is 1. The van der Waals surface area contributed by atoms with Gasteiger partial charge in [-0.15, -0.1) is 0 Å². The molecule has 0 saturated heterocycles. The van der Waals surface area contributed by atoms with Gasteiger partial charge in [0.2, 0.25) is 0 Å². The first-order valence-electron chi connectivity index (χ1n) is 5.49. The molecule has 2 heterocycles. The SMILES string of the molecule is Cc1ccnc2c1[nH]c(=S)n2-c1cccc(Br)c1. The summed E-state index contributed by atoms with van der Waals surface area (Å²) in [5, 5.41) is 0. The number of nitrogens with one attached hydrogen (secondary N) is 1. The summed E-state index contributed by atoms with van der Waals surface area (Å²) < 4.78 is 3.62. The third-order valence-corrected chi connectivity index (χ3v) is 3.63. The minimum Gasteiger partial charge on any atom is -0.329 e. The normalized spacial score (nSPS) is 11.0. The van der Waals surface area contributed by atoms with Crippen LogP contribution in [0.2, 0.25) is 0 Å².